The first-order chi connectivity index (χ1) is 10.8. The molecule has 2 aliphatic rings. The summed E-state index contributed by atoms with van der Waals surface area (Å²) in [4.78, 5) is 12.2. The van der Waals surface area contributed by atoms with E-state index >= 15 is 0 Å². The second-order valence-corrected chi connectivity index (χ2v) is 8.45. The fourth-order valence-electron chi connectivity index (χ4n) is 3.62. The van der Waals surface area contributed by atoms with E-state index in [-0.39, 0.29) is 11.0 Å². The van der Waals surface area contributed by atoms with Crippen LogP contribution in [0.2, 0.25) is 0 Å². The van der Waals surface area contributed by atoms with Crippen LogP contribution in [0.3, 0.4) is 0 Å². The topological polar surface area (TPSA) is 89.7 Å². The Labute approximate surface area is 136 Å². The lowest BCUT2D eigenvalue weighted by Crippen LogP contribution is -2.56. The number of benzene rings is 1. The molecular weight excluding hydrogens is 316 g/mol. The molecule has 1 aliphatic heterocycles. The summed E-state index contributed by atoms with van der Waals surface area (Å²) < 4.78 is 32.8. The molecule has 1 aromatic rings. The Morgan fingerprint density at radius 2 is 2.00 bits per heavy atom. The first-order valence-corrected chi connectivity index (χ1v) is 9.30. The van der Waals surface area contributed by atoms with Crippen LogP contribution in [-0.4, -0.2) is 37.3 Å². The van der Waals surface area contributed by atoms with Crippen LogP contribution < -0.4 is 10.5 Å². The molecule has 1 amide bonds. The number of rotatable bonds is 4. The van der Waals surface area contributed by atoms with Crippen molar-refractivity contribution in [2.75, 3.05) is 7.05 Å². The zero-order valence-corrected chi connectivity index (χ0v) is 14.2. The summed E-state index contributed by atoms with van der Waals surface area (Å²) in [6, 6.07) is 4.87. The number of sulfonamides is 1. The second kappa shape index (κ2) is 5.49. The summed E-state index contributed by atoms with van der Waals surface area (Å²) in [6.07, 6.45) is 3.29. The SMILES string of the molecule is CC1Cc2cc(S(=O)(=O)N(C)C3(C(N)=O)CCCC3)ccc2O1. The highest BCUT2D eigenvalue weighted by Crippen LogP contribution is 2.38. The van der Waals surface area contributed by atoms with Gasteiger partial charge in [-0.3, -0.25) is 4.79 Å². The fourth-order valence-corrected chi connectivity index (χ4v) is 5.20. The molecule has 1 aromatic carbocycles. The Hall–Kier alpha value is -1.60. The number of hydrogen-bond donors (Lipinski definition) is 1. The van der Waals surface area contributed by atoms with Crippen LogP contribution in [-0.2, 0) is 21.2 Å². The molecule has 126 valence electrons. The van der Waals surface area contributed by atoms with Gasteiger partial charge in [-0.2, -0.15) is 4.31 Å². The van der Waals surface area contributed by atoms with E-state index in [1.807, 2.05) is 6.92 Å². The summed E-state index contributed by atoms with van der Waals surface area (Å²) in [5, 5.41) is 0. The molecule has 0 radical (unpaired) electrons. The van der Waals surface area contributed by atoms with Crippen LogP contribution in [0.4, 0.5) is 0 Å². The summed E-state index contributed by atoms with van der Waals surface area (Å²) >= 11 is 0. The normalized spacial score (nSPS) is 22.8. The van der Waals surface area contributed by atoms with E-state index in [4.69, 9.17) is 10.5 Å². The van der Waals surface area contributed by atoms with E-state index in [1.54, 1.807) is 12.1 Å². The highest BCUT2D eigenvalue weighted by atomic mass is 32.2. The average molecular weight is 338 g/mol. The Morgan fingerprint density at radius 3 is 2.61 bits per heavy atom. The third kappa shape index (κ3) is 2.52. The molecule has 0 bridgehead atoms. The van der Waals surface area contributed by atoms with E-state index in [0.29, 0.717) is 19.3 Å². The smallest absolute Gasteiger partial charge is 0.243 e. The molecule has 1 unspecified atom stereocenters. The number of likely N-dealkylation sites (N-methyl/N-ethyl adjacent to an activating group) is 1. The summed E-state index contributed by atoms with van der Waals surface area (Å²) in [7, 11) is -2.33. The van der Waals surface area contributed by atoms with E-state index in [0.717, 1.165) is 24.2 Å². The Bertz CT molecular complexity index is 738. The lowest BCUT2D eigenvalue weighted by atomic mass is 9.97. The van der Waals surface area contributed by atoms with Gasteiger partial charge >= 0.3 is 0 Å². The Morgan fingerprint density at radius 1 is 1.35 bits per heavy atom. The van der Waals surface area contributed by atoms with Gasteiger partial charge in [0.15, 0.2) is 0 Å². The Balaban J connectivity index is 1.99. The maximum absolute atomic E-state index is 13.0. The van der Waals surface area contributed by atoms with Crippen LogP contribution in [0, 0.1) is 0 Å². The summed E-state index contributed by atoms with van der Waals surface area (Å²) in [5.41, 5.74) is 5.32. The molecule has 2 N–H and O–H groups in total. The van der Waals surface area contributed by atoms with Gasteiger partial charge in [-0.05, 0) is 43.5 Å². The molecule has 0 saturated heterocycles. The molecule has 6 nitrogen and oxygen atoms in total. The fraction of sp³-hybridized carbons (Fsp3) is 0.562. The van der Waals surface area contributed by atoms with Crippen molar-refractivity contribution < 1.29 is 17.9 Å². The van der Waals surface area contributed by atoms with E-state index in [2.05, 4.69) is 0 Å². The van der Waals surface area contributed by atoms with Gasteiger partial charge in [0.1, 0.15) is 17.4 Å². The molecule has 1 aliphatic carbocycles. The van der Waals surface area contributed by atoms with Gasteiger partial charge in [0.25, 0.3) is 0 Å². The molecule has 0 spiro atoms. The first-order valence-electron chi connectivity index (χ1n) is 7.86. The van der Waals surface area contributed by atoms with Crippen LogP contribution >= 0.6 is 0 Å². The monoisotopic (exact) mass is 338 g/mol. The highest BCUT2D eigenvalue weighted by Gasteiger charge is 2.48. The van der Waals surface area contributed by atoms with E-state index < -0.39 is 21.5 Å². The number of nitrogens with two attached hydrogens (primary N) is 1. The molecule has 23 heavy (non-hydrogen) atoms. The second-order valence-electron chi connectivity index (χ2n) is 6.48. The number of ether oxygens (including phenoxy) is 1. The van der Waals surface area contributed by atoms with Gasteiger partial charge < -0.3 is 10.5 Å². The van der Waals surface area contributed by atoms with Gasteiger partial charge in [-0.1, -0.05) is 12.8 Å². The van der Waals surface area contributed by atoms with Crippen LogP contribution in [0.5, 0.6) is 5.75 Å². The average Bonchev–Trinajstić information content (AvgIpc) is 3.11. The van der Waals surface area contributed by atoms with Crippen molar-refractivity contribution in [2.45, 2.75) is 55.6 Å². The number of carbonyl (C=O) groups is 1. The maximum atomic E-state index is 13.0. The third-order valence-corrected chi connectivity index (χ3v) is 6.94. The lowest BCUT2D eigenvalue weighted by Gasteiger charge is -2.34. The number of fused-ring (bicyclic) bond motifs is 1. The van der Waals surface area contributed by atoms with Crippen molar-refractivity contribution >= 4 is 15.9 Å². The maximum Gasteiger partial charge on any atom is 0.243 e. The third-order valence-electron chi connectivity index (χ3n) is 5.02. The van der Waals surface area contributed by atoms with Gasteiger partial charge in [-0.25, -0.2) is 8.42 Å². The van der Waals surface area contributed by atoms with Gasteiger partial charge in [-0.15, -0.1) is 0 Å². The zero-order chi connectivity index (χ0) is 16.8. The van der Waals surface area contributed by atoms with Crippen molar-refractivity contribution in [3.63, 3.8) is 0 Å². The van der Waals surface area contributed by atoms with Crippen molar-refractivity contribution in [2.24, 2.45) is 5.73 Å². The van der Waals surface area contributed by atoms with Crippen molar-refractivity contribution in [1.29, 1.82) is 0 Å². The number of hydrogen-bond acceptors (Lipinski definition) is 4. The molecule has 3 rings (SSSR count). The van der Waals surface area contributed by atoms with Crippen LogP contribution in [0.1, 0.15) is 38.2 Å². The van der Waals surface area contributed by atoms with Crippen LogP contribution in [0.25, 0.3) is 0 Å². The molecule has 1 saturated carbocycles. The number of nitrogens with zero attached hydrogens (tertiary/aromatic N) is 1. The van der Waals surface area contributed by atoms with E-state index in [9.17, 15) is 13.2 Å². The minimum Gasteiger partial charge on any atom is -0.490 e. The predicted octanol–water partition coefficient (Wildman–Crippen LogP) is 1.43. The summed E-state index contributed by atoms with van der Waals surface area (Å²) in [5.74, 6) is 0.156. The first kappa shape index (κ1) is 16.3. The number of carbonyl (C=O) groups excluding carboxylic acids is 1. The molecule has 0 aromatic heterocycles. The molecule has 7 heteroatoms. The minimum absolute atomic E-state index is 0.0486. The van der Waals surface area contributed by atoms with Gasteiger partial charge in [0, 0.05) is 13.5 Å². The van der Waals surface area contributed by atoms with Gasteiger partial charge in [0.05, 0.1) is 4.90 Å². The molecule has 1 heterocycles. The van der Waals surface area contributed by atoms with Crippen LogP contribution in [0.15, 0.2) is 23.1 Å². The van der Waals surface area contributed by atoms with Gasteiger partial charge in [0.2, 0.25) is 15.9 Å². The largest absolute Gasteiger partial charge is 0.490 e. The quantitative estimate of drug-likeness (QED) is 0.899. The van der Waals surface area contributed by atoms with Crippen molar-refractivity contribution in [3.8, 4) is 5.75 Å². The molecule has 1 fully saturated rings. The van der Waals surface area contributed by atoms with Crippen molar-refractivity contribution in [3.05, 3.63) is 23.8 Å². The summed E-state index contributed by atoms with van der Waals surface area (Å²) in [6.45, 7) is 1.95. The predicted molar refractivity (Wildman–Crippen MR) is 85.6 cm³/mol. The standard InChI is InChI=1S/C16H22N2O4S/c1-11-9-12-10-13(5-6-14(12)22-11)23(20,21)18(2)16(15(17)19)7-3-4-8-16/h5-6,10-11H,3-4,7-9H2,1-2H3,(H2,17,19). The Kier molecular flexibility index (Phi) is 3.88. The molecular formula is C16H22N2O4S. The number of primary amides is 1. The minimum atomic E-state index is -3.79. The zero-order valence-electron chi connectivity index (χ0n) is 13.4. The lowest BCUT2D eigenvalue weighted by molar-refractivity contribution is -0.126. The molecule has 1 atom stereocenters. The van der Waals surface area contributed by atoms with Crippen molar-refractivity contribution in [1.82, 2.24) is 4.31 Å². The number of amides is 1. The highest BCUT2D eigenvalue weighted by molar-refractivity contribution is 7.89. The van der Waals surface area contributed by atoms with E-state index in [1.165, 1.54) is 17.4 Å².